The van der Waals surface area contributed by atoms with Crippen LogP contribution >= 0.6 is 0 Å². The fourth-order valence-corrected chi connectivity index (χ4v) is 0.940. The van der Waals surface area contributed by atoms with Gasteiger partial charge in [0.1, 0.15) is 11.6 Å². The Hall–Kier alpha value is -1.22. The lowest BCUT2D eigenvalue weighted by atomic mass is 10.2. The zero-order chi connectivity index (χ0) is 9.68. The molecule has 1 aromatic rings. The second kappa shape index (κ2) is 4.72. The van der Waals surface area contributed by atoms with Gasteiger partial charge in [-0.3, -0.25) is 0 Å². The van der Waals surface area contributed by atoms with E-state index in [9.17, 15) is 8.78 Å². The standard InChI is InChI=1S/C10H11F2N/c1-13-6-2-3-8-4-5-9(11)7-10(8)12/h2-5,7,13H,6H2,1H3/b3-2+. The molecule has 0 amide bonds. The molecule has 0 saturated carbocycles. The minimum atomic E-state index is -0.553. The molecule has 0 bridgehead atoms. The van der Waals surface area contributed by atoms with Crippen molar-refractivity contribution in [1.29, 1.82) is 0 Å². The molecule has 0 saturated heterocycles. The molecule has 0 aliphatic rings. The van der Waals surface area contributed by atoms with Gasteiger partial charge in [0.05, 0.1) is 0 Å². The molecule has 1 nitrogen and oxygen atoms in total. The van der Waals surface area contributed by atoms with E-state index in [2.05, 4.69) is 5.32 Å². The van der Waals surface area contributed by atoms with Crippen molar-refractivity contribution in [3.05, 3.63) is 41.5 Å². The largest absolute Gasteiger partial charge is 0.316 e. The zero-order valence-electron chi connectivity index (χ0n) is 7.35. The molecule has 0 radical (unpaired) electrons. The number of hydrogen-bond acceptors (Lipinski definition) is 1. The summed E-state index contributed by atoms with van der Waals surface area (Å²) in [5.41, 5.74) is 0.400. The van der Waals surface area contributed by atoms with Crippen LogP contribution in [0, 0.1) is 11.6 Å². The third kappa shape index (κ3) is 2.95. The van der Waals surface area contributed by atoms with Gasteiger partial charge in [-0.05, 0) is 19.2 Å². The summed E-state index contributed by atoms with van der Waals surface area (Å²) in [6, 6.07) is 3.53. The summed E-state index contributed by atoms with van der Waals surface area (Å²) in [7, 11) is 1.80. The van der Waals surface area contributed by atoms with E-state index in [1.165, 1.54) is 12.1 Å². The average molecular weight is 183 g/mol. The van der Waals surface area contributed by atoms with Crippen molar-refractivity contribution in [3.63, 3.8) is 0 Å². The fraction of sp³-hybridized carbons (Fsp3) is 0.200. The predicted octanol–water partition coefficient (Wildman–Crippen LogP) is 2.20. The fourth-order valence-electron chi connectivity index (χ4n) is 0.940. The van der Waals surface area contributed by atoms with E-state index in [0.717, 1.165) is 6.07 Å². The van der Waals surface area contributed by atoms with Gasteiger partial charge in [-0.2, -0.15) is 0 Å². The van der Waals surface area contributed by atoms with Crippen molar-refractivity contribution in [1.82, 2.24) is 5.32 Å². The van der Waals surface area contributed by atoms with Gasteiger partial charge >= 0.3 is 0 Å². The van der Waals surface area contributed by atoms with Gasteiger partial charge in [0.25, 0.3) is 0 Å². The molecule has 0 unspecified atom stereocenters. The van der Waals surface area contributed by atoms with E-state index in [1.54, 1.807) is 19.2 Å². The number of rotatable bonds is 3. The summed E-state index contributed by atoms with van der Waals surface area (Å²) < 4.78 is 25.4. The van der Waals surface area contributed by atoms with Crippen LogP contribution in [-0.2, 0) is 0 Å². The second-order valence-electron chi connectivity index (χ2n) is 2.63. The monoisotopic (exact) mass is 183 g/mol. The third-order valence-electron chi connectivity index (χ3n) is 1.58. The first-order valence-electron chi connectivity index (χ1n) is 4.00. The molecule has 70 valence electrons. The third-order valence-corrected chi connectivity index (χ3v) is 1.58. The van der Waals surface area contributed by atoms with Crippen LogP contribution < -0.4 is 5.32 Å². The van der Waals surface area contributed by atoms with Gasteiger partial charge in [0.15, 0.2) is 0 Å². The molecule has 13 heavy (non-hydrogen) atoms. The van der Waals surface area contributed by atoms with Crippen molar-refractivity contribution in [2.45, 2.75) is 0 Å². The molecule has 0 atom stereocenters. The van der Waals surface area contributed by atoms with Gasteiger partial charge < -0.3 is 5.32 Å². The summed E-state index contributed by atoms with van der Waals surface area (Å²) >= 11 is 0. The highest BCUT2D eigenvalue weighted by Crippen LogP contribution is 2.10. The quantitative estimate of drug-likeness (QED) is 0.757. The Bertz CT molecular complexity index is 308. The molecule has 1 aromatic carbocycles. The molecule has 1 N–H and O–H groups in total. The molecule has 1 rings (SSSR count). The Morgan fingerprint density at radius 2 is 2.15 bits per heavy atom. The minimum Gasteiger partial charge on any atom is -0.316 e. The van der Waals surface area contributed by atoms with Crippen LogP contribution in [0.15, 0.2) is 24.3 Å². The van der Waals surface area contributed by atoms with Crippen molar-refractivity contribution < 1.29 is 8.78 Å². The molecule has 0 aromatic heterocycles. The minimum absolute atomic E-state index is 0.400. The van der Waals surface area contributed by atoms with Crippen molar-refractivity contribution >= 4 is 6.08 Å². The smallest absolute Gasteiger partial charge is 0.133 e. The van der Waals surface area contributed by atoms with E-state index in [1.807, 2.05) is 0 Å². The van der Waals surface area contributed by atoms with Crippen LogP contribution in [0.25, 0.3) is 6.08 Å². The highest BCUT2D eigenvalue weighted by molar-refractivity contribution is 5.49. The number of nitrogens with one attached hydrogen (secondary N) is 1. The van der Waals surface area contributed by atoms with E-state index in [-0.39, 0.29) is 0 Å². The van der Waals surface area contributed by atoms with Crippen LogP contribution in [-0.4, -0.2) is 13.6 Å². The number of likely N-dealkylation sites (N-methyl/N-ethyl adjacent to an activating group) is 1. The average Bonchev–Trinajstić information content (AvgIpc) is 2.09. The van der Waals surface area contributed by atoms with Crippen LogP contribution in [0.5, 0.6) is 0 Å². The van der Waals surface area contributed by atoms with E-state index < -0.39 is 11.6 Å². The molecular formula is C10H11F2N. The summed E-state index contributed by atoms with van der Waals surface area (Å²) in [6.45, 7) is 0.664. The number of benzene rings is 1. The Balaban J connectivity index is 2.77. The lowest BCUT2D eigenvalue weighted by Crippen LogP contribution is -2.03. The summed E-state index contributed by atoms with van der Waals surface area (Å²) in [6.07, 6.45) is 3.39. The highest BCUT2D eigenvalue weighted by Gasteiger charge is 1.98. The first-order valence-corrected chi connectivity index (χ1v) is 4.00. The molecule has 0 heterocycles. The lowest BCUT2D eigenvalue weighted by molar-refractivity contribution is 0.581. The molecule has 0 fully saturated rings. The number of hydrogen-bond donors (Lipinski definition) is 1. The second-order valence-corrected chi connectivity index (χ2v) is 2.63. The predicted molar refractivity (Wildman–Crippen MR) is 49.3 cm³/mol. The van der Waals surface area contributed by atoms with Crippen LogP contribution in [0.3, 0.4) is 0 Å². The van der Waals surface area contributed by atoms with E-state index in [0.29, 0.717) is 12.1 Å². The van der Waals surface area contributed by atoms with Gasteiger partial charge in [-0.25, -0.2) is 8.78 Å². The first-order chi connectivity index (χ1) is 6.24. The Labute approximate surface area is 76.1 Å². The van der Waals surface area contributed by atoms with Gasteiger partial charge in [-0.1, -0.05) is 12.2 Å². The topological polar surface area (TPSA) is 12.0 Å². The van der Waals surface area contributed by atoms with Gasteiger partial charge in [0.2, 0.25) is 0 Å². The van der Waals surface area contributed by atoms with Crippen LogP contribution in [0.4, 0.5) is 8.78 Å². The molecule has 0 aliphatic heterocycles. The van der Waals surface area contributed by atoms with Gasteiger partial charge in [0, 0.05) is 18.2 Å². The number of halogens is 2. The SMILES string of the molecule is CNC/C=C/c1ccc(F)cc1F. The van der Waals surface area contributed by atoms with Crippen LogP contribution in [0.1, 0.15) is 5.56 Å². The van der Waals surface area contributed by atoms with Crippen molar-refractivity contribution in [2.75, 3.05) is 13.6 Å². The summed E-state index contributed by atoms with van der Waals surface area (Å²) in [4.78, 5) is 0. The first kappa shape index (κ1) is 9.86. The maximum atomic E-state index is 13.0. The maximum Gasteiger partial charge on any atom is 0.133 e. The van der Waals surface area contributed by atoms with E-state index in [4.69, 9.17) is 0 Å². The molecule has 0 spiro atoms. The van der Waals surface area contributed by atoms with Crippen LogP contribution in [0.2, 0.25) is 0 Å². The molecular weight excluding hydrogens is 172 g/mol. The molecule has 0 aliphatic carbocycles. The maximum absolute atomic E-state index is 13.0. The van der Waals surface area contributed by atoms with Gasteiger partial charge in [-0.15, -0.1) is 0 Å². The Morgan fingerprint density at radius 3 is 2.77 bits per heavy atom. The molecule has 3 heteroatoms. The Morgan fingerprint density at radius 1 is 1.38 bits per heavy atom. The van der Waals surface area contributed by atoms with E-state index >= 15 is 0 Å². The lowest BCUT2D eigenvalue weighted by Gasteiger charge is -1.96. The Kier molecular flexibility index (Phi) is 3.58. The highest BCUT2D eigenvalue weighted by atomic mass is 19.1. The normalized spacial score (nSPS) is 11.0. The summed E-state index contributed by atoms with van der Waals surface area (Å²) in [5, 5.41) is 2.89. The zero-order valence-corrected chi connectivity index (χ0v) is 7.35. The van der Waals surface area contributed by atoms with Crippen molar-refractivity contribution in [2.24, 2.45) is 0 Å². The van der Waals surface area contributed by atoms with Crippen molar-refractivity contribution in [3.8, 4) is 0 Å². The summed E-state index contributed by atoms with van der Waals surface area (Å²) in [5.74, 6) is -1.09.